The molecule has 0 bridgehead atoms. The summed E-state index contributed by atoms with van der Waals surface area (Å²) in [6.07, 6.45) is 3.24. The number of aliphatic hydroxyl groups is 1. The van der Waals surface area contributed by atoms with E-state index in [4.69, 9.17) is 26.2 Å². The number of pyridine rings is 1. The Morgan fingerprint density at radius 3 is 2.74 bits per heavy atom. The largest absolute Gasteiger partial charge is 0.488 e. The quantitative estimate of drug-likeness (QED) is 0.190. The Hall–Kier alpha value is -4.42. The topological polar surface area (TPSA) is 125 Å². The van der Waals surface area contributed by atoms with Crippen LogP contribution in [0.4, 0.5) is 0 Å². The summed E-state index contributed by atoms with van der Waals surface area (Å²) in [5.41, 5.74) is 6.63. The first-order valence-corrected chi connectivity index (χ1v) is 14.0. The minimum atomic E-state index is -1.07. The van der Waals surface area contributed by atoms with Gasteiger partial charge >= 0.3 is 5.97 Å². The lowest BCUT2D eigenvalue weighted by molar-refractivity contribution is -0.139. The number of fused-ring (bicyclic) bond motifs is 1. The smallest absolute Gasteiger partial charge is 0.306 e. The number of rotatable bonds is 12. The zero-order valence-corrected chi connectivity index (χ0v) is 23.6. The second-order valence-electron chi connectivity index (χ2n) is 10.1. The van der Waals surface area contributed by atoms with Crippen molar-refractivity contribution in [3.63, 3.8) is 0 Å². The SMILES string of the molecule is N#Cc1cncc(COc2cc(OC3CCc4c(-c5ccccc5)cccc43)c(Cl)cc2CNCC(O)CC(=O)O)c1. The van der Waals surface area contributed by atoms with Crippen molar-refractivity contribution in [2.24, 2.45) is 0 Å². The highest BCUT2D eigenvalue weighted by molar-refractivity contribution is 6.32. The third-order valence-corrected chi connectivity index (χ3v) is 7.40. The summed E-state index contributed by atoms with van der Waals surface area (Å²) >= 11 is 6.72. The fraction of sp³-hybridized carbons (Fsp3) is 0.242. The molecule has 5 rings (SSSR count). The molecule has 0 amide bonds. The molecule has 0 saturated heterocycles. The first-order chi connectivity index (χ1) is 20.4. The summed E-state index contributed by atoms with van der Waals surface area (Å²) in [7, 11) is 0. The van der Waals surface area contributed by atoms with Crippen LogP contribution in [0.1, 0.15) is 46.8 Å². The molecule has 214 valence electrons. The second-order valence-corrected chi connectivity index (χ2v) is 10.5. The van der Waals surface area contributed by atoms with Crippen LogP contribution in [0.15, 0.2) is 79.1 Å². The summed E-state index contributed by atoms with van der Waals surface area (Å²) in [6, 6.07) is 23.9. The molecule has 2 unspecified atom stereocenters. The van der Waals surface area contributed by atoms with Crippen LogP contribution in [-0.4, -0.2) is 33.8 Å². The zero-order chi connectivity index (χ0) is 29.5. The highest BCUT2D eigenvalue weighted by Gasteiger charge is 2.27. The molecule has 0 fully saturated rings. The van der Waals surface area contributed by atoms with E-state index in [0.29, 0.717) is 27.6 Å². The van der Waals surface area contributed by atoms with Crippen molar-refractivity contribution in [2.75, 3.05) is 6.54 Å². The number of nitrogens with zero attached hydrogens (tertiary/aromatic N) is 2. The van der Waals surface area contributed by atoms with Crippen LogP contribution in [-0.2, 0) is 24.4 Å². The molecule has 42 heavy (non-hydrogen) atoms. The number of aromatic nitrogens is 1. The molecule has 3 aromatic carbocycles. The third-order valence-electron chi connectivity index (χ3n) is 7.11. The van der Waals surface area contributed by atoms with E-state index in [9.17, 15) is 15.2 Å². The summed E-state index contributed by atoms with van der Waals surface area (Å²) in [5, 5.41) is 31.6. The predicted octanol–water partition coefficient (Wildman–Crippen LogP) is 5.84. The van der Waals surface area contributed by atoms with Gasteiger partial charge in [-0.3, -0.25) is 9.78 Å². The van der Waals surface area contributed by atoms with E-state index in [0.717, 1.165) is 24.0 Å². The number of carboxylic acids is 1. The summed E-state index contributed by atoms with van der Waals surface area (Å²) < 4.78 is 12.7. The zero-order valence-electron chi connectivity index (χ0n) is 22.8. The van der Waals surface area contributed by atoms with Gasteiger partial charge in [-0.15, -0.1) is 0 Å². The van der Waals surface area contributed by atoms with E-state index >= 15 is 0 Å². The highest BCUT2D eigenvalue weighted by atomic mass is 35.5. The van der Waals surface area contributed by atoms with Crippen LogP contribution in [0.25, 0.3) is 11.1 Å². The number of halogens is 1. The maximum absolute atomic E-state index is 10.9. The Morgan fingerprint density at radius 2 is 1.95 bits per heavy atom. The molecule has 0 saturated carbocycles. The molecule has 0 spiro atoms. The molecule has 0 radical (unpaired) electrons. The lowest BCUT2D eigenvalue weighted by Gasteiger charge is -2.20. The van der Waals surface area contributed by atoms with Crippen molar-refractivity contribution in [1.29, 1.82) is 5.26 Å². The molecule has 0 aliphatic heterocycles. The number of hydrogen-bond donors (Lipinski definition) is 3. The molecule has 1 aliphatic rings. The molecule has 4 aromatic rings. The van der Waals surface area contributed by atoms with Crippen molar-refractivity contribution >= 4 is 17.6 Å². The Morgan fingerprint density at radius 1 is 1.12 bits per heavy atom. The second kappa shape index (κ2) is 13.5. The Balaban J connectivity index is 1.38. The summed E-state index contributed by atoms with van der Waals surface area (Å²) in [4.78, 5) is 15.0. The van der Waals surface area contributed by atoms with Crippen molar-refractivity contribution in [1.82, 2.24) is 10.3 Å². The standard InChI is InChI=1S/C33H30ClN3O5/c34-29-12-24(18-37-19-25(38)13-33(39)40)31(41-20-22-11-21(15-35)16-36-17-22)14-32(29)42-30-10-9-27-26(7-4-8-28(27)30)23-5-2-1-3-6-23/h1-8,11-12,14,16-17,25,30,37-38H,9-10,13,18-20H2,(H,39,40). The van der Waals surface area contributed by atoms with Crippen LogP contribution >= 0.6 is 11.6 Å². The van der Waals surface area contributed by atoms with E-state index in [1.54, 1.807) is 24.4 Å². The van der Waals surface area contributed by atoms with E-state index in [2.05, 4.69) is 46.7 Å². The van der Waals surface area contributed by atoms with Crippen LogP contribution < -0.4 is 14.8 Å². The van der Waals surface area contributed by atoms with Gasteiger partial charge in [0.25, 0.3) is 0 Å². The monoisotopic (exact) mass is 583 g/mol. The number of carboxylic acid groups (broad SMARTS) is 1. The van der Waals surface area contributed by atoms with Crippen LogP contribution in [0, 0.1) is 11.3 Å². The summed E-state index contributed by atoms with van der Waals surface area (Å²) in [6.45, 7) is 0.512. The Labute approximate surface area is 249 Å². The first-order valence-electron chi connectivity index (χ1n) is 13.6. The number of nitrogens with one attached hydrogen (secondary N) is 1. The van der Waals surface area contributed by atoms with Gasteiger partial charge in [0.2, 0.25) is 0 Å². The maximum Gasteiger partial charge on any atom is 0.306 e. The van der Waals surface area contributed by atoms with Crippen molar-refractivity contribution in [3.05, 3.63) is 112 Å². The van der Waals surface area contributed by atoms with Gasteiger partial charge in [0, 0.05) is 42.7 Å². The summed E-state index contributed by atoms with van der Waals surface area (Å²) in [5.74, 6) is -0.0862. The van der Waals surface area contributed by atoms with E-state index in [1.165, 1.54) is 22.9 Å². The average molecular weight is 584 g/mol. The molecule has 1 aromatic heterocycles. The Kier molecular flexibility index (Phi) is 9.35. The van der Waals surface area contributed by atoms with Crippen LogP contribution in [0.2, 0.25) is 5.02 Å². The minimum absolute atomic E-state index is 0.0817. The minimum Gasteiger partial charge on any atom is -0.488 e. The molecule has 3 N–H and O–H groups in total. The van der Waals surface area contributed by atoms with Gasteiger partial charge in [0.15, 0.2) is 0 Å². The number of aliphatic hydroxyl groups excluding tert-OH is 1. The van der Waals surface area contributed by atoms with E-state index in [1.807, 2.05) is 18.2 Å². The van der Waals surface area contributed by atoms with Crippen molar-refractivity contribution in [3.8, 4) is 28.7 Å². The maximum atomic E-state index is 10.9. The lowest BCUT2D eigenvalue weighted by Crippen LogP contribution is -2.28. The molecular formula is C33H30ClN3O5. The molecule has 1 aliphatic carbocycles. The lowest BCUT2D eigenvalue weighted by atomic mass is 9.97. The first kappa shape index (κ1) is 29.1. The number of hydrogen-bond acceptors (Lipinski definition) is 7. The van der Waals surface area contributed by atoms with Gasteiger partial charge in [0.1, 0.15) is 30.3 Å². The van der Waals surface area contributed by atoms with Crippen LogP contribution in [0.3, 0.4) is 0 Å². The van der Waals surface area contributed by atoms with Gasteiger partial charge in [-0.2, -0.15) is 5.26 Å². The van der Waals surface area contributed by atoms with Gasteiger partial charge in [0.05, 0.1) is 23.1 Å². The van der Waals surface area contributed by atoms with E-state index < -0.39 is 12.1 Å². The predicted molar refractivity (Wildman–Crippen MR) is 158 cm³/mol. The number of benzene rings is 3. The number of carbonyl (C=O) groups is 1. The van der Waals surface area contributed by atoms with Gasteiger partial charge in [-0.05, 0) is 47.2 Å². The van der Waals surface area contributed by atoms with Crippen molar-refractivity contribution in [2.45, 2.75) is 44.6 Å². The van der Waals surface area contributed by atoms with Gasteiger partial charge in [-0.1, -0.05) is 60.1 Å². The highest BCUT2D eigenvalue weighted by Crippen LogP contribution is 2.42. The number of aliphatic carboxylic acids is 1. The van der Waals surface area contributed by atoms with E-state index in [-0.39, 0.29) is 32.2 Å². The van der Waals surface area contributed by atoms with Crippen molar-refractivity contribution < 1.29 is 24.5 Å². The Bertz CT molecular complexity index is 1610. The van der Waals surface area contributed by atoms with Crippen LogP contribution in [0.5, 0.6) is 11.5 Å². The third kappa shape index (κ3) is 7.07. The molecule has 8 nitrogen and oxygen atoms in total. The molecule has 2 atom stereocenters. The fourth-order valence-electron chi connectivity index (χ4n) is 5.15. The molecule has 1 heterocycles. The number of nitriles is 1. The average Bonchev–Trinajstić information content (AvgIpc) is 3.40. The molecular weight excluding hydrogens is 554 g/mol. The number of ether oxygens (including phenoxy) is 2. The van der Waals surface area contributed by atoms with Gasteiger partial charge in [-0.25, -0.2) is 0 Å². The molecule has 9 heteroatoms. The normalized spacial score (nSPS) is 14.5. The fourth-order valence-corrected chi connectivity index (χ4v) is 5.39. The van der Waals surface area contributed by atoms with Gasteiger partial charge < -0.3 is 25.0 Å².